The van der Waals surface area contributed by atoms with Gasteiger partial charge in [-0.1, -0.05) is 43.3 Å². The molecule has 6 nitrogen and oxygen atoms in total. The minimum Gasteiger partial charge on any atom is -0.488 e. The van der Waals surface area contributed by atoms with Gasteiger partial charge in [-0.25, -0.2) is 4.98 Å². The van der Waals surface area contributed by atoms with Crippen LogP contribution in [-0.2, 0) is 17.8 Å². The van der Waals surface area contributed by atoms with Crippen LogP contribution in [0.25, 0.3) is 22.4 Å². The molecule has 10 heteroatoms. The van der Waals surface area contributed by atoms with Gasteiger partial charge in [0.1, 0.15) is 18.1 Å². The fourth-order valence-corrected chi connectivity index (χ4v) is 5.90. The van der Waals surface area contributed by atoms with E-state index in [1.807, 2.05) is 42.6 Å². The Bertz CT molecular complexity index is 1540. The Hall–Kier alpha value is -4.05. The van der Waals surface area contributed by atoms with Gasteiger partial charge in [0.2, 0.25) is 0 Å². The number of thiazole rings is 1. The van der Waals surface area contributed by atoms with Crippen molar-refractivity contribution in [1.29, 1.82) is 0 Å². The van der Waals surface area contributed by atoms with E-state index in [1.165, 1.54) is 17.7 Å². The SMILES string of the molecule is CCc1ccc(OCc2ccc(-c3ccc(OC(F)(F)F)cc3)cc2C)c(-c2csc(N3CCC(C(=O)O)CC3)n2)c1. The summed E-state index contributed by atoms with van der Waals surface area (Å²) >= 11 is 1.55. The van der Waals surface area contributed by atoms with Crippen molar-refractivity contribution in [3.05, 3.63) is 82.7 Å². The number of rotatable bonds is 9. The molecule has 42 heavy (non-hydrogen) atoms. The number of alkyl halides is 3. The third-order valence-corrected chi connectivity index (χ3v) is 8.38. The molecule has 5 rings (SSSR count). The molecule has 0 unspecified atom stereocenters. The number of hydrogen-bond acceptors (Lipinski definition) is 6. The number of carboxylic acid groups (broad SMARTS) is 1. The second kappa shape index (κ2) is 12.4. The summed E-state index contributed by atoms with van der Waals surface area (Å²) in [5.41, 5.74) is 6.55. The van der Waals surface area contributed by atoms with Crippen molar-refractivity contribution in [3.8, 4) is 33.9 Å². The van der Waals surface area contributed by atoms with Gasteiger partial charge in [-0.2, -0.15) is 0 Å². The predicted molar refractivity (Wildman–Crippen MR) is 157 cm³/mol. The molecule has 0 aliphatic carbocycles. The van der Waals surface area contributed by atoms with Crippen LogP contribution in [0.2, 0.25) is 0 Å². The highest BCUT2D eigenvalue weighted by Crippen LogP contribution is 2.36. The van der Waals surface area contributed by atoms with Gasteiger partial charge in [0.15, 0.2) is 5.13 Å². The molecule has 0 atom stereocenters. The van der Waals surface area contributed by atoms with E-state index in [2.05, 4.69) is 22.6 Å². The molecule has 3 aromatic carbocycles. The number of piperidine rings is 1. The van der Waals surface area contributed by atoms with E-state index >= 15 is 0 Å². The van der Waals surface area contributed by atoms with Gasteiger partial charge in [0.05, 0.1) is 11.6 Å². The van der Waals surface area contributed by atoms with Gasteiger partial charge in [0.25, 0.3) is 0 Å². The molecule has 0 saturated carbocycles. The summed E-state index contributed by atoms with van der Waals surface area (Å²) in [5.74, 6) is -0.561. The number of anilines is 1. The highest BCUT2D eigenvalue weighted by Gasteiger charge is 2.31. The van der Waals surface area contributed by atoms with Gasteiger partial charge >= 0.3 is 12.3 Å². The van der Waals surface area contributed by atoms with E-state index in [0.717, 1.165) is 50.8 Å². The fraction of sp³-hybridized carbons (Fsp3) is 0.312. The number of ether oxygens (including phenoxy) is 2. The smallest absolute Gasteiger partial charge is 0.488 e. The number of aromatic nitrogens is 1. The highest BCUT2D eigenvalue weighted by atomic mass is 32.1. The first-order valence-electron chi connectivity index (χ1n) is 13.7. The Balaban J connectivity index is 1.30. The van der Waals surface area contributed by atoms with Crippen molar-refractivity contribution in [2.45, 2.75) is 46.1 Å². The zero-order chi connectivity index (χ0) is 29.9. The van der Waals surface area contributed by atoms with Crippen molar-refractivity contribution < 1.29 is 32.5 Å². The van der Waals surface area contributed by atoms with E-state index in [4.69, 9.17) is 9.72 Å². The topological polar surface area (TPSA) is 71.9 Å². The second-order valence-electron chi connectivity index (χ2n) is 10.3. The first-order chi connectivity index (χ1) is 20.1. The Morgan fingerprint density at radius 2 is 1.76 bits per heavy atom. The molecular weight excluding hydrogens is 565 g/mol. The van der Waals surface area contributed by atoms with Gasteiger partial charge in [-0.15, -0.1) is 24.5 Å². The number of carboxylic acids is 1. The van der Waals surface area contributed by atoms with E-state index in [0.29, 0.717) is 32.5 Å². The first kappa shape index (κ1) is 29.4. The van der Waals surface area contributed by atoms with Crippen molar-refractivity contribution in [2.75, 3.05) is 18.0 Å². The summed E-state index contributed by atoms with van der Waals surface area (Å²) in [6, 6.07) is 17.8. The van der Waals surface area contributed by atoms with Crippen LogP contribution >= 0.6 is 11.3 Å². The van der Waals surface area contributed by atoms with Crippen molar-refractivity contribution in [2.24, 2.45) is 5.92 Å². The monoisotopic (exact) mass is 596 g/mol. The maximum Gasteiger partial charge on any atom is 0.573 e. The minimum atomic E-state index is -4.72. The van der Waals surface area contributed by atoms with Gasteiger partial charge in [-0.3, -0.25) is 4.79 Å². The third-order valence-electron chi connectivity index (χ3n) is 7.48. The zero-order valence-corrected chi connectivity index (χ0v) is 24.1. The number of halogens is 3. The van der Waals surface area contributed by atoms with Crippen molar-refractivity contribution in [3.63, 3.8) is 0 Å². The minimum absolute atomic E-state index is 0.257. The first-order valence-corrected chi connectivity index (χ1v) is 14.6. The van der Waals surface area contributed by atoms with Crippen LogP contribution in [0.1, 0.15) is 36.5 Å². The number of carbonyl (C=O) groups is 1. The summed E-state index contributed by atoms with van der Waals surface area (Å²) in [4.78, 5) is 18.4. The molecule has 0 radical (unpaired) electrons. The molecule has 0 bridgehead atoms. The largest absolute Gasteiger partial charge is 0.573 e. The Labute approximate surface area is 246 Å². The average molecular weight is 597 g/mol. The molecule has 1 aromatic heterocycles. The van der Waals surface area contributed by atoms with Crippen LogP contribution < -0.4 is 14.4 Å². The lowest BCUT2D eigenvalue weighted by molar-refractivity contribution is -0.274. The third kappa shape index (κ3) is 7.05. The van der Waals surface area contributed by atoms with Gasteiger partial charge in [0, 0.05) is 24.0 Å². The standard InChI is InChI=1S/C32H31F3N2O4S/c1-3-21-4-11-29(27(17-21)28-19-42-31(36-28)37-14-12-23(13-15-37)30(38)39)40-18-25-6-5-24(16-20(25)2)22-7-9-26(10-8-22)41-32(33,34)35/h4-11,16-17,19,23H,3,12-15,18H2,1-2H3,(H,38,39). The Morgan fingerprint density at radius 1 is 1.05 bits per heavy atom. The molecule has 1 aliphatic rings. The lowest BCUT2D eigenvalue weighted by Crippen LogP contribution is -2.36. The second-order valence-corrected chi connectivity index (χ2v) is 11.1. The van der Waals surface area contributed by atoms with E-state index < -0.39 is 12.3 Å². The summed E-state index contributed by atoms with van der Waals surface area (Å²) in [6.07, 6.45) is -2.63. The van der Waals surface area contributed by atoms with Crippen molar-refractivity contribution in [1.82, 2.24) is 4.98 Å². The zero-order valence-electron chi connectivity index (χ0n) is 23.3. The van der Waals surface area contributed by atoms with Crippen LogP contribution in [0, 0.1) is 12.8 Å². The number of nitrogens with zero attached hydrogens (tertiary/aromatic N) is 2. The molecule has 2 heterocycles. The van der Waals surface area contributed by atoms with Crippen LogP contribution in [0.3, 0.4) is 0 Å². The molecule has 4 aromatic rings. The number of benzene rings is 3. The quantitative estimate of drug-likeness (QED) is 0.210. The predicted octanol–water partition coefficient (Wildman–Crippen LogP) is 8.13. The molecule has 1 saturated heterocycles. The van der Waals surface area contributed by atoms with Gasteiger partial charge in [-0.05, 0) is 78.3 Å². The van der Waals surface area contributed by atoms with Crippen LogP contribution in [0.5, 0.6) is 11.5 Å². The van der Waals surface area contributed by atoms with Crippen LogP contribution in [0.15, 0.2) is 66.0 Å². The number of aryl methyl sites for hydroxylation is 2. The summed E-state index contributed by atoms with van der Waals surface area (Å²) < 4.78 is 47.7. The average Bonchev–Trinajstić information content (AvgIpc) is 3.46. The molecule has 1 N–H and O–H groups in total. The lowest BCUT2D eigenvalue weighted by atomic mass is 9.97. The number of hydrogen-bond donors (Lipinski definition) is 1. The van der Waals surface area contributed by atoms with E-state index in [1.54, 1.807) is 23.5 Å². The molecule has 1 aliphatic heterocycles. The van der Waals surface area contributed by atoms with E-state index in [-0.39, 0.29) is 11.7 Å². The lowest BCUT2D eigenvalue weighted by Gasteiger charge is -2.29. The molecule has 0 spiro atoms. The van der Waals surface area contributed by atoms with Crippen LogP contribution in [-0.4, -0.2) is 35.5 Å². The molecule has 1 fully saturated rings. The Morgan fingerprint density at radius 3 is 2.40 bits per heavy atom. The maximum atomic E-state index is 12.5. The molecule has 0 amide bonds. The maximum absolute atomic E-state index is 12.5. The highest BCUT2D eigenvalue weighted by molar-refractivity contribution is 7.14. The molecular formula is C32H31F3N2O4S. The summed E-state index contributed by atoms with van der Waals surface area (Å²) in [7, 11) is 0. The molecule has 220 valence electrons. The number of aliphatic carboxylic acids is 1. The van der Waals surface area contributed by atoms with Gasteiger partial charge < -0.3 is 19.5 Å². The Kier molecular flexibility index (Phi) is 8.72. The summed E-state index contributed by atoms with van der Waals surface area (Å²) in [5, 5.41) is 12.2. The van der Waals surface area contributed by atoms with Crippen molar-refractivity contribution >= 4 is 22.4 Å². The summed E-state index contributed by atoms with van der Waals surface area (Å²) in [6.45, 7) is 5.75. The fourth-order valence-electron chi connectivity index (χ4n) is 5.02. The van der Waals surface area contributed by atoms with E-state index in [9.17, 15) is 23.1 Å². The normalized spacial score (nSPS) is 14.2. The van der Waals surface area contributed by atoms with Crippen LogP contribution in [0.4, 0.5) is 18.3 Å².